The van der Waals surface area contributed by atoms with Gasteiger partial charge < -0.3 is 10.2 Å². The van der Waals surface area contributed by atoms with Gasteiger partial charge in [0.15, 0.2) is 0 Å². The Morgan fingerprint density at radius 2 is 1.93 bits per heavy atom. The molecular weight excluding hydrogens is 409 g/mol. The molecule has 2 aromatic rings. The van der Waals surface area contributed by atoms with Crippen molar-refractivity contribution >= 4 is 33.2 Å². The largest absolute Gasteiger partial charge is 0.326 e. The van der Waals surface area contributed by atoms with Gasteiger partial charge in [-0.05, 0) is 61.7 Å². The molecule has 0 spiro atoms. The predicted molar refractivity (Wildman–Crippen MR) is 112 cm³/mol. The second kappa shape index (κ2) is 8.53. The summed E-state index contributed by atoms with van der Waals surface area (Å²) < 4.78 is 41.1. The lowest BCUT2D eigenvalue weighted by molar-refractivity contribution is -0.117. The molecule has 1 atom stereocenters. The van der Waals surface area contributed by atoms with Crippen LogP contribution >= 0.6 is 0 Å². The van der Waals surface area contributed by atoms with Crippen LogP contribution in [-0.4, -0.2) is 32.8 Å². The van der Waals surface area contributed by atoms with Crippen LogP contribution in [-0.2, 0) is 26.0 Å². The molecule has 1 heterocycles. The number of hydrogen-bond donors (Lipinski definition) is 2. The van der Waals surface area contributed by atoms with Crippen LogP contribution < -0.4 is 14.9 Å². The lowest BCUT2D eigenvalue weighted by Gasteiger charge is -2.20. The number of nitrogens with zero attached hydrogens (tertiary/aromatic N) is 1. The van der Waals surface area contributed by atoms with Gasteiger partial charge in [-0.3, -0.25) is 9.59 Å². The summed E-state index contributed by atoms with van der Waals surface area (Å²) in [5.74, 6) is -0.946. The summed E-state index contributed by atoms with van der Waals surface area (Å²) >= 11 is 0. The first kappa shape index (κ1) is 21.9. The van der Waals surface area contributed by atoms with Crippen molar-refractivity contribution in [3.63, 3.8) is 0 Å². The summed E-state index contributed by atoms with van der Waals surface area (Å²) in [4.78, 5) is 25.6. The summed E-state index contributed by atoms with van der Waals surface area (Å²) in [6.45, 7) is 4.91. The summed E-state index contributed by atoms with van der Waals surface area (Å²) in [5.41, 5.74) is 2.29. The van der Waals surface area contributed by atoms with Gasteiger partial charge in [0.1, 0.15) is 5.82 Å². The minimum absolute atomic E-state index is 0.0290. The fourth-order valence-electron chi connectivity index (χ4n) is 3.53. The summed E-state index contributed by atoms with van der Waals surface area (Å²) in [6, 6.07) is 8.96. The van der Waals surface area contributed by atoms with E-state index in [0.29, 0.717) is 17.7 Å². The lowest BCUT2D eigenvalue weighted by atomic mass is 10.1. The minimum atomic E-state index is -3.81. The van der Waals surface area contributed by atoms with Gasteiger partial charge in [0.05, 0.1) is 4.90 Å². The van der Waals surface area contributed by atoms with Crippen molar-refractivity contribution in [2.24, 2.45) is 0 Å². The quantitative estimate of drug-likeness (QED) is 0.732. The Hall–Kier alpha value is -2.78. The van der Waals surface area contributed by atoms with Crippen molar-refractivity contribution in [3.05, 3.63) is 53.3 Å². The van der Waals surface area contributed by atoms with E-state index in [-0.39, 0.29) is 29.8 Å². The molecule has 9 heteroatoms. The van der Waals surface area contributed by atoms with E-state index in [1.807, 2.05) is 6.92 Å². The van der Waals surface area contributed by atoms with Gasteiger partial charge in [-0.2, -0.15) is 0 Å². The number of anilines is 2. The van der Waals surface area contributed by atoms with Crippen molar-refractivity contribution in [2.45, 2.75) is 44.6 Å². The van der Waals surface area contributed by atoms with Gasteiger partial charge in [-0.15, -0.1) is 0 Å². The number of halogens is 1. The molecule has 0 saturated carbocycles. The number of fused-ring (bicyclic) bond motifs is 1. The average molecular weight is 434 g/mol. The number of nitrogens with one attached hydrogen (secondary N) is 2. The highest BCUT2D eigenvalue weighted by Gasteiger charge is 2.30. The molecule has 3 rings (SSSR count). The number of rotatable bonds is 6. The predicted octanol–water partition coefficient (Wildman–Crippen LogP) is 2.74. The number of amides is 2. The smallest absolute Gasteiger partial charge is 0.240 e. The van der Waals surface area contributed by atoms with Crippen molar-refractivity contribution in [3.8, 4) is 0 Å². The Kier molecular flexibility index (Phi) is 6.23. The van der Waals surface area contributed by atoms with Gasteiger partial charge >= 0.3 is 0 Å². The third-order valence-corrected chi connectivity index (χ3v) is 6.47. The Labute approximate surface area is 175 Å². The van der Waals surface area contributed by atoms with Crippen molar-refractivity contribution in [1.29, 1.82) is 0 Å². The number of benzene rings is 2. The zero-order chi connectivity index (χ0) is 22.1. The van der Waals surface area contributed by atoms with Gasteiger partial charge in [0.2, 0.25) is 21.8 Å². The molecule has 30 heavy (non-hydrogen) atoms. The van der Waals surface area contributed by atoms with Crippen LogP contribution in [0.3, 0.4) is 0 Å². The highest BCUT2D eigenvalue weighted by atomic mass is 32.2. The highest BCUT2D eigenvalue weighted by molar-refractivity contribution is 7.89. The number of carbonyl (C=O) groups excluding carboxylic acids is 2. The van der Waals surface area contributed by atoms with Crippen LogP contribution in [0.4, 0.5) is 15.8 Å². The van der Waals surface area contributed by atoms with E-state index in [0.717, 1.165) is 11.3 Å². The standard InChI is InChI=1S/C21H24FN3O4S/c1-13-4-5-17(12-19(13)22)24-21(27)8-9-23-30(28,29)18-6-7-20-16(11-18)10-14(2)25(20)15(3)26/h4-7,11-12,14,23H,8-10H2,1-3H3,(H,24,27)/t14-/m0/s1. The first-order valence-electron chi connectivity index (χ1n) is 9.57. The van der Waals surface area contributed by atoms with Crippen LogP contribution in [0.2, 0.25) is 0 Å². The minimum Gasteiger partial charge on any atom is -0.326 e. The normalized spacial score (nSPS) is 15.7. The second-order valence-electron chi connectivity index (χ2n) is 7.39. The number of hydrogen-bond acceptors (Lipinski definition) is 4. The maximum Gasteiger partial charge on any atom is 0.240 e. The van der Waals surface area contributed by atoms with Crippen LogP contribution in [0.25, 0.3) is 0 Å². The Balaban J connectivity index is 1.60. The topological polar surface area (TPSA) is 95.6 Å². The van der Waals surface area contributed by atoms with Crippen LogP contribution in [0.15, 0.2) is 41.3 Å². The van der Waals surface area contributed by atoms with Crippen molar-refractivity contribution < 1.29 is 22.4 Å². The molecule has 0 saturated heterocycles. The number of sulfonamides is 1. The third-order valence-electron chi connectivity index (χ3n) is 5.02. The molecule has 1 aliphatic heterocycles. The van der Waals surface area contributed by atoms with E-state index in [1.165, 1.54) is 19.1 Å². The Bertz CT molecular complexity index is 1100. The van der Waals surface area contributed by atoms with E-state index in [9.17, 15) is 22.4 Å². The fourth-order valence-corrected chi connectivity index (χ4v) is 4.61. The molecule has 0 aliphatic carbocycles. The summed E-state index contributed by atoms with van der Waals surface area (Å²) in [5, 5.41) is 2.54. The third kappa shape index (κ3) is 4.68. The summed E-state index contributed by atoms with van der Waals surface area (Å²) in [7, 11) is -3.81. The van der Waals surface area contributed by atoms with Gasteiger partial charge in [0, 0.05) is 37.3 Å². The molecule has 0 radical (unpaired) electrons. The van der Waals surface area contributed by atoms with Crippen LogP contribution in [0, 0.1) is 12.7 Å². The van der Waals surface area contributed by atoms with E-state index >= 15 is 0 Å². The molecule has 0 unspecified atom stereocenters. The lowest BCUT2D eigenvalue weighted by Crippen LogP contribution is -2.33. The van der Waals surface area contributed by atoms with E-state index in [1.54, 1.807) is 36.1 Å². The molecule has 2 N–H and O–H groups in total. The molecule has 0 bridgehead atoms. The molecule has 0 fully saturated rings. The number of aryl methyl sites for hydroxylation is 1. The SMILES string of the molecule is CC(=O)N1c2ccc(S(=O)(=O)NCCC(=O)Nc3ccc(C)c(F)c3)cc2C[C@@H]1C. The zero-order valence-corrected chi connectivity index (χ0v) is 17.8. The molecule has 2 aromatic carbocycles. The van der Waals surface area contributed by atoms with Crippen molar-refractivity contribution in [1.82, 2.24) is 4.72 Å². The molecule has 160 valence electrons. The van der Waals surface area contributed by atoms with Gasteiger partial charge in [0.25, 0.3) is 0 Å². The van der Waals surface area contributed by atoms with Crippen LogP contribution in [0.1, 0.15) is 31.4 Å². The second-order valence-corrected chi connectivity index (χ2v) is 9.16. The van der Waals surface area contributed by atoms with Gasteiger partial charge in [-0.1, -0.05) is 6.07 Å². The Morgan fingerprint density at radius 1 is 1.20 bits per heavy atom. The van der Waals surface area contributed by atoms with Crippen molar-refractivity contribution in [2.75, 3.05) is 16.8 Å². The molecule has 2 amide bonds. The Morgan fingerprint density at radius 3 is 2.60 bits per heavy atom. The molecular formula is C21H24FN3O4S. The average Bonchev–Trinajstić information content (AvgIpc) is 2.99. The van der Waals surface area contributed by atoms with E-state index in [2.05, 4.69) is 10.0 Å². The first-order valence-corrected chi connectivity index (χ1v) is 11.0. The first-order chi connectivity index (χ1) is 14.1. The molecule has 1 aliphatic rings. The highest BCUT2D eigenvalue weighted by Crippen LogP contribution is 2.33. The zero-order valence-electron chi connectivity index (χ0n) is 17.0. The van der Waals surface area contributed by atoms with Crippen LogP contribution in [0.5, 0.6) is 0 Å². The maximum absolute atomic E-state index is 13.5. The summed E-state index contributed by atoms with van der Waals surface area (Å²) in [6.07, 6.45) is 0.475. The fraction of sp³-hybridized carbons (Fsp3) is 0.333. The van der Waals surface area contributed by atoms with Gasteiger partial charge in [-0.25, -0.2) is 17.5 Å². The molecule has 7 nitrogen and oxygen atoms in total. The monoisotopic (exact) mass is 433 g/mol. The van der Waals surface area contributed by atoms with E-state index < -0.39 is 21.7 Å². The van der Waals surface area contributed by atoms with E-state index in [4.69, 9.17) is 0 Å². The molecule has 0 aromatic heterocycles. The maximum atomic E-state index is 13.5. The number of carbonyl (C=O) groups is 2.